The molecule has 0 radical (unpaired) electrons. The molecular weight excluding hydrogens is 328 g/mol. The highest BCUT2D eigenvalue weighted by Crippen LogP contribution is 2.21. The van der Waals surface area contributed by atoms with Gasteiger partial charge in [-0.3, -0.25) is 9.79 Å². The molecule has 6 nitrogen and oxygen atoms in total. The third-order valence-electron chi connectivity index (χ3n) is 3.73. The van der Waals surface area contributed by atoms with Gasteiger partial charge in [0.25, 0.3) is 0 Å². The van der Waals surface area contributed by atoms with Gasteiger partial charge < -0.3 is 20.7 Å². The van der Waals surface area contributed by atoms with Crippen molar-refractivity contribution in [3.05, 3.63) is 42.0 Å². The minimum absolute atomic E-state index is 0.0693. The Morgan fingerprint density at radius 2 is 1.77 bits per heavy atom. The molecule has 0 aromatic heterocycles. The molecule has 140 valence electrons. The summed E-state index contributed by atoms with van der Waals surface area (Å²) in [5.74, 6) is 1.37. The van der Waals surface area contributed by atoms with E-state index in [2.05, 4.69) is 39.1 Å². The van der Waals surface area contributed by atoms with Crippen LogP contribution in [-0.4, -0.2) is 38.1 Å². The Kier molecular flexibility index (Phi) is 6.44. The molecule has 0 aliphatic heterocycles. The quantitative estimate of drug-likeness (QED) is 0.568. The van der Waals surface area contributed by atoms with Crippen LogP contribution in [0.4, 0.5) is 0 Å². The van der Waals surface area contributed by atoms with Crippen LogP contribution in [0, 0.1) is 0 Å². The van der Waals surface area contributed by atoms with Gasteiger partial charge in [0.15, 0.2) is 5.96 Å². The number of methoxy groups -OCH3 is 1. The largest absolute Gasteiger partial charge is 0.497 e. The summed E-state index contributed by atoms with van der Waals surface area (Å²) in [6.45, 7) is 6.64. The average molecular weight is 356 g/mol. The monoisotopic (exact) mass is 356 g/mol. The number of hydrogen-bond acceptors (Lipinski definition) is 3. The zero-order valence-corrected chi connectivity index (χ0v) is 16.1. The zero-order valence-electron chi connectivity index (χ0n) is 16.1. The average Bonchev–Trinajstić information content (AvgIpc) is 2.59. The lowest BCUT2D eigenvalue weighted by atomic mass is 10.1. The maximum absolute atomic E-state index is 11.9. The van der Waals surface area contributed by atoms with Gasteiger partial charge in [0, 0.05) is 19.1 Å². The van der Waals surface area contributed by atoms with E-state index in [1.807, 2.05) is 39.0 Å². The smallest absolute Gasteiger partial charge is 0.239 e. The van der Waals surface area contributed by atoms with E-state index in [0.29, 0.717) is 12.5 Å². The Morgan fingerprint density at radius 3 is 2.42 bits per heavy atom. The summed E-state index contributed by atoms with van der Waals surface area (Å²) in [6.07, 6.45) is 0. The van der Waals surface area contributed by atoms with Crippen LogP contribution in [-0.2, 0) is 11.3 Å². The number of carbonyl (C=O) groups excluding carboxylic acids is 1. The molecule has 6 heteroatoms. The van der Waals surface area contributed by atoms with Gasteiger partial charge in [-0.1, -0.05) is 18.2 Å². The van der Waals surface area contributed by atoms with Gasteiger partial charge in [-0.2, -0.15) is 0 Å². The molecule has 2 aromatic rings. The van der Waals surface area contributed by atoms with Crippen molar-refractivity contribution >= 4 is 22.6 Å². The predicted molar refractivity (Wildman–Crippen MR) is 107 cm³/mol. The number of ether oxygens (including phenoxy) is 1. The zero-order chi connectivity index (χ0) is 19.2. The number of hydrogen-bond donors (Lipinski definition) is 3. The molecule has 0 aliphatic carbocycles. The fraction of sp³-hybridized carbons (Fsp3) is 0.400. The van der Waals surface area contributed by atoms with Crippen molar-refractivity contribution in [3.8, 4) is 5.75 Å². The lowest BCUT2D eigenvalue weighted by Gasteiger charge is -2.21. The summed E-state index contributed by atoms with van der Waals surface area (Å²) in [7, 11) is 3.35. The van der Waals surface area contributed by atoms with E-state index in [0.717, 1.165) is 22.1 Å². The third kappa shape index (κ3) is 5.95. The Balaban J connectivity index is 1.91. The Labute approximate surface area is 155 Å². The Bertz CT molecular complexity index is 794. The second-order valence-corrected chi connectivity index (χ2v) is 7.12. The number of aliphatic imine (C=N–C) groups is 1. The summed E-state index contributed by atoms with van der Waals surface area (Å²) in [4.78, 5) is 16.0. The van der Waals surface area contributed by atoms with Crippen molar-refractivity contribution < 1.29 is 9.53 Å². The SMILES string of the molecule is CN=C(NCC(=O)NC(C)(C)C)NCc1ccc2cc(OC)ccc2c1. The molecule has 0 bridgehead atoms. The van der Waals surface area contributed by atoms with Gasteiger partial charge in [-0.25, -0.2) is 0 Å². The molecule has 0 aliphatic rings. The van der Waals surface area contributed by atoms with E-state index in [1.165, 1.54) is 0 Å². The van der Waals surface area contributed by atoms with Crippen LogP contribution >= 0.6 is 0 Å². The van der Waals surface area contributed by atoms with Gasteiger partial charge in [0.1, 0.15) is 5.75 Å². The van der Waals surface area contributed by atoms with Crippen molar-refractivity contribution in [1.29, 1.82) is 0 Å². The van der Waals surface area contributed by atoms with Crippen LogP contribution in [0.25, 0.3) is 10.8 Å². The van der Waals surface area contributed by atoms with E-state index in [-0.39, 0.29) is 18.0 Å². The van der Waals surface area contributed by atoms with E-state index in [9.17, 15) is 4.79 Å². The maximum Gasteiger partial charge on any atom is 0.239 e. The van der Waals surface area contributed by atoms with E-state index >= 15 is 0 Å². The topological polar surface area (TPSA) is 74.8 Å². The van der Waals surface area contributed by atoms with Crippen molar-refractivity contribution in [2.24, 2.45) is 4.99 Å². The molecule has 1 amide bonds. The Morgan fingerprint density at radius 1 is 1.08 bits per heavy atom. The summed E-state index contributed by atoms with van der Waals surface area (Å²) < 4.78 is 5.25. The normalized spacial score (nSPS) is 12.0. The van der Waals surface area contributed by atoms with Crippen LogP contribution in [0.3, 0.4) is 0 Å². The lowest BCUT2D eigenvalue weighted by molar-refractivity contribution is -0.121. The molecule has 0 fully saturated rings. The number of guanidine groups is 1. The van der Waals surface area contributed by atoms with Crippen LogP contribution in [0.15, 0.2) is 41.4 Å². The van der Waals surface area contributed by atoms with E-state index < -0.39 is 0 Å². The third-order valence-corrected chi connectivity index (χ3v) is 3.73. The maximum atomic E-state index is 11.9. The Hall–Kier alpha value is -2.76. The molecule has 0 atom stereocenters. The van der Waals surface area contributed by atoms with Gasteiger partial charge in [-0.15, -0.1) is 0 Å². The van der Waals surface area contributed by atoms with Gasteiger partial charge >= 0.3 is 0 Å². The number of benzene rings is 2. The standard InChI is InChI=1S/C20H28N4O2/c1-20(2,3)24-18(25)13-23-19(21-4)22-12-14-6-7-16-11-17(26-5)9-8-15(16)10-14/h6-11H,12-13H2,1-5H3,(H,24,25)(H2,21,22,23). The lowest BCUT2D eigenvalue weighted by Crippen LogP contribution is -2.48. The first kappa shape index (κ1) is 19.6. The first-order valence-corrected chi connectivity index (χ1v) is 8.63. The number of carbonyl (C=O) groups is 1. The highest BCUT2D eigenvalue weighted by Gasteiger charge is 2.13. The number of amides is 1. The highest BCUT2D eigenvalue weighted by molar-refractivity contribution is 5.87. The van der Waals surface area contributed by atoms with Crippen LogP contribution in [0.5, 0.6) is 5.75 Å². The summed E-state index contributed by atoms with van der Waals surface area (Å²) in [6, 6.07) is 12.3. The summed E-state index contributed by atoms with van der Waals surface area (Å²) >= 11 is 0. The second kappa shape index (κ2) is 8.56. The molecule has 2 rings (SSSR count). The van der Waals surface area contributed by atoms with Crippen molar-refractivity contribution in [2.75, 3.05) is 20.7 Å². The van der Waals surface area contributed by atoms with Crippen molar-refractivity contribution in [3.63, 3.8) is 0 Å². The molecule has 26 heavy (non-hydrogen) atoms. The van der Waals surface area contributed by atoms with Crippen LogP contribution in [0.1, 0.15) is 26.3 Å². The predicted octanol–water partition coefficient (Wildman–Crippen LogP) is 2.43. The molecule has 3 N–H and O–H groups in total. The van der Waals surface area contributed by atoms with E-state index in [4.69, 9.17) is 4.74 Å². The minimum Gasteiger partial charge on any atom is -0.497 e. The molecule has 0 spiro atoms. The first-order valence-electron chi connectivity index (χ1n) is 8.63. The van der Waals surface area contributed by atoms with Crippen molar-refractivity contribution in [2.45, 2.75) is 32.9 Å². The van der Waals surface area contributed by atoms with Crippen LogP contribution < -0.4 is 20.7 Å². The molecule has 0 unspecified atom stereocenters. The minimum atomic E-state index is -0.247. The summed E-state index contributed by atoms with van der Waals surface area (Å²) in [5, 5.41) is 11.4. The molecule has 2 aromatic carbocycles. The molecular formula is C20H28N4O2. The summed E-state index contributed by atoms with van der Waals surface area (Å²) in [5.41, 5.74) is 0.883. The van der Waals surface area contributed by atoms with Gasteiger partial charge in [0.2, 0.25) is 5.91 Å². The fourth-order valence-corrected chi connectivity index (χ4v) is 2.54. The number of nitrogens with one attached hydrogen (secondary N) is 3. The first-order chi connectivity index (χ1) is 12.3. The van der Waals surface area contributed by atoms with Gasteiger partial charge in [-0.05, 0) is 55.3 Å². The molecule has 0 saturated carbocycles. The van der Waals surface area contributed by atoms with Crippen LogP contribution in [0.2, 0.25) is 0 Å². The molecule has 0 saturated heterocycles. The van der Waals surface area contributed by atoms with E-state index in [1.54, 1.807) is 14.2 Å². The number of fused-ring (bicyclic) bond motifs is 1. The number of nitrogens with zero attached hydrogens (tertiary/aromatic N) is 1. The molecule has 0 heterocycles. The second-order valence-electron chi connectivity index (χ2n) is 7.12. The highest BCUT2D eigenvalue weighted by atomic mass is 16.5. The van der Waals surface area contributed by atoms with Gasteiger partial charge in [0.05, 0.1) is 13.7 Å². The van der Waals surface area contributed by atoms with Crippen molar-refractivity contribution in [1.82, 2.24) is 16.0 Å². The fourth-order valence-electron chi connectivity index (χ4n) is 2.54. The number of rotatable bonds is 5.